The third-order valence-corrected chi connectivity index (χ3v) is 1.43. The Balaban J connectivity index is 3.59. The quantitative estimate of drug-likeness (QED) is 0.563. The van der Waals surface area contributed by atoms with Crippen molar-refractivity contribution in [3.63, 3.8) is 0 Å². The monoisotopic (exact) mass is 218 g/mol. The standard InChI is InChI=1S/C10H18O5/c1-13-7-9(11)3-5-15-6-4-10(12)8-14-2/h3-6,9-12H,7-8H2,1-2H3. The van der Waals surface area contributed by atoms with Crippen LogP contribution in [0.4, 0.5) is 0 Å². The Hall–Kier alpha value is -0.880. The molecule has 0 aliphatic heterocycles. The minimum atomic E-state index is -0.688. The van der Waals surface area contributed by atoms with Crippen LogP contribution in [0.3, 0.4) is 0 Å². The maximum absolute atomic E-state index is 9.16. The van der Waals surface area contributed by atoms with Crippen molar-refractivity contribution in [3.8, 4) is 0 Å². The van der Waals surface area contributed by atoms with Crippen LogP contribution < -0.4 is 0 Å². The van der Waals surface area contributed by atoms with E-state index < -0.39 is 12.2 Å². The summed E-state index contributed by atoms with van der Waals surface area (Å²) in [5.41, 5.74) is 0. The fraction of sp³-hybridized carbons (Fsp3) is 0.600. The molecule has 0 rings (SSSR count). The van der Waals surface area contributed by atoms with Gasteiger partial charge in [0.1, 0.15) is 0 Å². The van der Waals surface area contributed by atoms with Crippen LogP contribution in [0.25, 0.3) is 0 Å². The van der Waals surface area contributed by atoms with E-state index in [1.165, 1.54) is 38.9 Å². The summed E-state index contributed by atoms with van der Waals surface area (Å²) in [6.45, 7) is 0.436. The highest BCUT2D eigenvalue weighted by Crippen LogP contribution is 1.91. The van der Waals surface area contributed by atoms with Crippen LogP contribution in [0.15, 0.2) is 24.7 Å². The Kier molecular flexibility index (Phi) is 9.10. The maximum Gasteiger partial charge on any atom is 0.0986 e. The van der Waals surface area contributed by atoms with Crippen molar-refractivity contribution >= 4 is 0 Å². The van der Waals surface area contributed by atoms with Crippen molar-refractivity contribution in [3.05, 3.63) is 24.7 Å². The minimum Gasteiger partial charge on any atom is -0.473 e. The zero-order chi connectivity index (χ0) is 11.5. The van der Waals surface area contributed by atoms with Gasteiger partial charge in [-0.15, -0.1) is 0 Å². The smallest absolute Gasteiger partial charge is 0.0986 e. The number of ether oxygens (including phenoxy) is 3. The molecule has 0 aromatic carbocycles. The van der Waals surface area contributed by atoms with Crippen molar-refractivity contribution in [2.75, 3.05) is 27.4 Å². The summed E-state index contributed by atoms with van der Waals surface area (Å²) in [4.78, 5) is 0. The highest BCUT2D eigenvalue weighted by molar-refractivity contribution is 4.87. The average Bonchev–Trinajstić information content (AvgIpc) is 2.18. The first-order valence-corrected chi connectivity index (χ1v) is 4.53. The van der Waals surface area contributed by atoms with Gasteiger partial charge in [-0.1, -0.05) is 0 Å². The molecule has 2 N–H and O–H groups in total. The topological polar surface area (TPSA) is 68.2 Å². The van der Waals surface area contributed by atoms with Gasteiger partial charge in [-0.3, -0.25) is 0 Å². The summed E-state index contributed by atoms with van der Waals surface area (Å²) >= 11 is 0. The van der Waals surface area contributed by atoms with Crippen molar-refractivity contribution in [2.24, 2.45) is 0 Å². The summed E-state index contributed by atoms with van der Waals surface area (Å²) < 4.78 is 14.3. The molecule has 0 heterocycles. The van der Waals surface area contributed by atoms with Gasteiger partial charge in [0.25, 0.3) is 0 Å². The third kappa shape index (κ3) is 9.42. The van der Waals surface area contributed by atoms with Crippen LogP contribution in [0.1, 0.15) is 0 Å². The molecule has 0 amide bonds. The lowest BCUT2D eigenvalue weighted by Crippen LogP contribution is -2.10. The normalized spacial score (nSPS) is 16.0. The van der Waals surface area contributed by atoms with Crippen LogP contribution in [0.5, 0.6) is 0 Å². The molecule has 0 aliphatic carbocycles. The maximum atomic E-state index is 9.16. The number of hydrogen-bond donors (Lipinski definition) is 2. The minimum absolute atomic E-state index is 0.218. The summed E-state index contributed by atoms with van der Waals surface area (Å²) in [5, 5.41) is 18.3. The molecule has 5 heteroatoms. The van der Waals surface area contributed by atoms with E-state index in [2.05, 4.69) is 0 Å². The van der Waals surface area contributed by atoms with Gasteiger partial charge in [0, 0.05) is 14.2 Å². The molecule has 0 aliphatic rings. The first kappa shape index (κ1) is 14.1. The Morgan fingerprint density at radius 3 is 1.67 bits per heavy atom. The predicted octanol–water partition coefficient (Wildman–Crippen LogP) is 0.0450. The molecule has 0 saturated heterocycles. The van der Waals surface area contributed by atoms with Crippen LogP contribution in [-0.4, -0.2) is 49.9 Å². The predicted molar refractivity (Wildman–Crippen MR) is 55.1 cm³/mol. The molecule has 15 heavy (non-hydrogen) atoms. The molecule has 0 saturated carbocycles. The molecule has 2 atom stereocenters. The van der Waals surface area contributed by atoms with Gasteiger partial charge < -0.3 is 24.4 Å². The van der Waals surface area contributed by atoms with E-state index in [0.29, 0.717) is 0 Å². The lowest BCUT2D eigenvalue weighted by atomic mass is 10.4. The fourth-order valence-corrected chi connectivity index (χ4v) is 0.770. The summed E-state index contributed by atoms with van der Waals surface area (Å²) in [5.74, 6) is 0. The largest absolute Gasteiger partial charge is 0.473 e. The van der Waals surface area contributed by atoms with Crippen LogP contribution >= 0.6 is 0 Å². The van der Waals surface area contributed by atoms with Gasteiger partial charge in [0.15, 0.2) is 0 Å². The first-order chi connectivity index (χ1) is 7.20. The van der Waals surface area contributed by atoms with Crippen molar-refractivity contribution in [2.45, 2.75) is 12.2 Å². The van der Waals surface area contributed by atoms with E-state index in [-0.39, 0.29) is 13.2 Å². The molecular formula is C10H18O5. The fourth-order valence-electron chi connectivity index (χ4n) is 0.770. The highest BCUT2D eigenvalue weighted by Gasteiger charge is 1.96. The van der Waals surface area contributed by atoms with Gasteiger partial charge in [-0.05, 0) is 12.2 Å². The lowest BCUT2D eigenvalue weighted by Gasteiger charge is -2.03. The van der Waals surface area contributed by atoms with E-state index in [9.17, 15) is 0 Å². The number of methoxy groups -OCH3 is 2. The van der Waals surface area contributed by atoms with Crippen molar-refractivity contribution in [1.29, 1.82) is 0 Å². The second-order valence-electron chi connectivity index (χ2n) is 2.84. The molecule has 5 nitrogen and oxygen atoms in total. The van der Waals surface area contributed by atoms with Gasteiger partial charge in [-0.25, -0.2) is 0 Å². The van der Waals surface area contributed by atoms with Crippen LogP contribution in [0, 0.1) is 0 Å². The molecule has 0 aromatic heterocycles. The lowest BCUT2D eigenvalue weighted by molar-refractivity contribution is 0.0905. The second kappa shape index (κ2) is 9.67. The van der Waals surface area contributed by atoms with Gasteiger partial charge in [0.2, 0.25) is 0 Å². The van der Waals surface area contributed by atoms with E-state index in [0.717, 1.165) is 0 Å². The number of hydrogen-bond acceptors (Lipinski definition) is 5. The SMILES string of the molecule is COCC(O)C=COC=CC(O)COC. The average molecular weight is 218 g/mol. The Labute approximate surface area is 89.6 Å². The molecule has 0 fully saturated rings. The highest BCUT2D eigenvalue weighted by atomic mass is 16.5. The Morgan fingerprint density at radius 2 is 1.33 bits per heavy atom. The molecule has 2 unspecified atom stereocenters. The number of rotatable bonds is 8. The van der Waals surface area contributed by atoms with Crippen LogP contribution in [-0.2, 0) is 14.2 Å². The Morgan fingerprint density at radius 1 is 0.933 bits per heavy atom. The molecule has 0 spiro atoms. The van der Waals surface area contributed by atoms with Crippen molar-refractivity contribution in [1.82, 2.24) is 0 Å². The summed E-state index contributed by atoms with van der Waals surface area (Å²) in [6.07, 6.45) is 4.14. The number of aliphatic hydroxyl groups excluding tert-OH is 2. The van der Waals surface area contributed by atoms with Crippen molar-refractivity contribution < 1.29 is 24.4 Å². The van der Waals surface area contributed by atoms with Crippen LogP contribution in [0.2, 0.25) is 0 Å². The molecule has 0 radical (unpaired) electrons. The zero-order valence-corrected chi connectivity index (χ0v) is 9.00. The van der Waals surface area contributed by atoms with E-state index in [1.54, 1.807) is 0 Å². The summed E-state index contributed by atoms with van der Waals surface area (Å²) in [6, 6.07) is 0. The molecule has 88 valence electrons. The van der Waals surface area contributed by atoms with Gasteiger partial charge >= 0.3 is 0 Å². The Bertz CT molecular complexity index is 170. The first-order valence-electron chi connectivity index (χ1n) is 4.53. The van der Waals surface area contributed by atoms with Gasteiger partial charge in [0.05, 0.1) is 37.9 Å². The molecule has 0 bridgehead atoms. The zero-order valence-electron chi connectivity index (χ0n) is 9.00. The van der Waals surface area contributed by atoms with E-state index in [1.807, 2.05) is 0 Å². The van der Waals surface area contributed by atoms with Gasteiger partial charge in [-0.2, -0.15) is 0 Å². The van der Waals surface area contributed by atoms with E-state index >= 15 is 0 Å². The third-order valence-electron chi connectivity index (χ3n) is 1.43. The second-order valence-corrected chi connectivity index (χ2v) is 2.84. The summed E-state index contributed by atoms with van der Waals surface area (Å²) in [7, 11) is 3.00. The molecular weight excluding hydrogens is 200 g/mol. The molecule has 0 aromatic rings. The van der Waals surface area contributed by atoms with E-state index in [4.69, 9.17) is 24.4 Å². The number of aliphatic hydroxyl groups is 2.